The van der Waals surface area contributed by atoms with Crippen molar-refractivity contribution in [3.05, 3.63) is 51.7 Å². The predicted molar refractivity (Wildman–Crippen MR) is 101 cm³/mol. The number of benzene rings is 1. The Balaban J connectivity index is 1.94. The highest BCUT2D eigenvalue weighted by Gasteiger charge is 2.20. The van der Waals surface area contributed by atoms with E-state index in [0.717, 1.165) is 28.1 Å². The van der Waals surface area contributed by atoms with Gasteiger partial charge in [-0.2, -0.15) is 5.26 Å². The van der Waals surface area contributed by atoms with Crippen LogP contribution in [0.15, 0.2) is 23.2 Å². The van der Waals surface area contributed by atoms with Crippen molar-refractivity contribution in [2.24, 2.45) is 0 Å². The molecule has 0 aliphatic carbocycles. The first-order valence-electron chi connectivity index (χ1n) is 8.58. The van der Waals surface area contributed by atoms with Crippen LogP contribution in [0.3, 0.4) is 0 Å². The Hall–Kier alpha value is -2.56. The molecule has 7 heteroatoms. The molecule has 6 nitrogen and oxygen atoms in total. The number of aromatic nitrogens is 1. The van der Waals surface area contributed by atoms with Crippen molar-refractivity contribution in [3.63, 3.8) is 0 Å². The topological polar surface area (TPSA) is 81.4 Å². The normalized spacial score (nSPS) is 12.7. The van der Waals surface area contributed by atoms with Crippen LogP contribution in [0.4, 0.5) is 0 Å². The SMILES string of the molecule is CCOC(=O)c1cc2c(c(CSc3nc(C)cc(C)c3C#N)c1)OCOC2. The van der Waals surface area contributed by atoms with Crippen LogP contribution < -0.4 is 4.74 Å². The maximum atomic E-state index is 12.2. The van der Waals surface area contributed by atoms with Gasteiger partial charge in [0.05, 0.1) is 24.3 Å². The molecule has 0 N–H and O–H groups in total. The average Bonchev–Trinajstić information content (AvgIpc) is 2.65. The first-order valence-corrected chi connectivity index (χ1v) is 9.56. The summed E-state index contributed by atoms with van der Waals surface area (Å²) in [6, 6.07) is 7.65. The quantitative estimate of drug-likeness (QED) is 0.571. The van der Waals surface area contributed by atoms with Crippen LogP contribution in [0.2, 0.25) is 0 Å². The molecule has 0 atom stereocenters. The van der Waals surface area contributed by atoms with Crippen molar-refractivity contribution in [3.8, 4) is 11.8 Å². The number of esters is 1. The number of aryl methyl sites for hydroxylation is 2. The molecule has 1 aliphatic rings. The Labute approximate surface area is 162 Å². The van der Waals surface area contributed by atoms with Gasteiger partial charge in [-0.15, -0.1) is 11.8 Å². The van der Waals surface area contributed by atoms with Gasteiger partial charge in [0.15, 0.2) is 6.79 Å². The molecule has 0 bridgehead atoms. The summed E-state index contributed by atoms with van der Waals surface area (Å²) in [7, 11) is 0. The number of carbonyl (C=O) groups is 1. The lowest BCUT2D eigenvalue weighted by Gasteiger charge is -2.21. The molecule has 27 heavy (non-hydrogen) atoms. The van der Waals surface area contributed by atoms with Crippen molar-refractivity contribution in [1.29, 1.82) is 5.26 Å². The van der Waals surface area contributed by atoms with Gasteiger partial charge in [-0.3, -0.25) is 0 Å². The molecule has 2 aromatic rings. The van der Waals surface area contributed by atoms with Gasteiger partial charge in [0.2, 0.25) is 0 Å². The second-order valence-corrected chi connectivity index (χ2v) is 7.08. The zero-order valence-corrected chi connectivity index (χ0v) is 16.3. The summed E-state index contributed by atoms with van der Waals surface area (Å²) in [6.45, 7) is 6.45. The molecular weight excluding hydrogens is 364 g/mol. The van der Waals surface area contributed by atoms with E-state index in [9.17, 15) is 10.1 Å². The van der Waals surface area contributed by atoms with Gasteiger partial charge in [-0.25, -0.2) is 9.78 Å². The maximum Gasteiger partial charge on any atom is 0.338 e. The Kier molecular flexibility index (Phi) is 5.99. The number of hydrogen-bond donors (Lipinski definition) is 0. The Bertz CT molecular complexity index is 921. The van der Waals surface area contributed by atoms with E-state index in [1.54, 1.807) is 19.1 Å². The van der Waals surface area contributed by atoms with Gasteiger partial charge in [0.1, 0.15) is 16.8 Å². The Morgan fingerprint density at radius 3 is 2.93 bits per heavy atom. The second-order valence-electron chi connectivity index (χ2n) is 6.12. The van der Waals surface area contributed by atoms with Crippen LogP contribution in [0, 0.1) is 25.2 Å². The summed E-state index contributed by atoms with van der Waals surface area (Å²) in [5.74, 6) is 0.865. The summed E-state index contributed by atoms with van der Waals surface area (Å²) in [5, 5.41) is 10.1. The molecule has 3 rings (SSSR count). The minimum absolute atomic E-state index is 0.175. The van der Waals surface area contributed by atoms with E-state index in [4.69, 9.17) is 14.2 Å². The third-order valence-corrected chi connectivity index (χ3v) is 5.11. The standard InChI is InChI=1S/C20H20N2O4S/c1-4-25-20(23)14-6-15-9-24-11-26-18(15)16(7-14)10-27-19-17(8-21)12(2)5-13(3)22-19/h5-7H,4,9-11H2,1-3H3. The van der Waals surface area contributed by atoms with Crippen molar-refractivity contribution in [1.82, 2.24) is 4.98 Å². The highest BCUT2D eigenvalue weighted by atomic mass is 32.2. The van der Waals surface area contributed by atoms with E-state index in [1.165, 1.54) is 11.8 Å². The van der Waals surface area contributed by atoms with Gasteiger partial charge < -0.3 is 14.2 Å². The first kappa shape index (κ1) is 19.2. The number of nitrogens with zero attached hydrogens (tertiary/aromatic N) is 2. The highest BCUT2D eigenvalue weighted by molar-refractivity contribution is 7.98. The number of thioether (sulfide) groups is 1. The zero-order chi connectivity index (χ0) is 19.4. The molecule has 1 aromatic heterocycles. The number of rotatable bonds is 5. The molecule has 1 aliphatic heterocycles. The van der Waals surface area contributed by atoms with Crippen LogP contribution in [0.25, 0.3) is 0 Å². The van der Waals surface area contributed by atoms with Crippen molar-refractivity contribution in [2.75, 3.05) is 13.4 Å². The van der Waals surface area contributed by atoms with Crippen LogP contribution in [-0.2, 0) is 21.8 Å². The molecule has 0 radical (unpaired) electrons. The summed E-state index contributed by atoms with van der Waals surface area (Å²) in [6.07, 6.45) is 0. The number of pyridine rings is 1. The summed E-state index contributed by atoms with van der Waals surface area (Å²) >= 11 is 1.45. The molecule has 0 saturated heterocycles. The molecule has 2 heterocycles. The third kappa shape index (κ3) is 4.24. The average molecular weight is 384 g/mol. The van der Waals surface area contributed by atoms with Crippen molar-refractivity contribution >= 4 is 17.7 Å². The highest BCUT2D eigenvalue weighted by Crippen LogP contribution is 2.35. The fourth-order valence-electron chi connectivity index (χ4n) is 2.93. The van der Waals surface area contributed by atoms with E-state index in [1.807, 2.05) is 19.9 Å². The van der Waals surface area contributed by atoms with Crippen LogP contribution in [-0.4, -0.2) is 24.4 Å². The lowest BCUT2D eigenvalue weighted by atomic mass is 10.0. The lowest BCUT2D eigenvalue weighted by molar-refractivity contribution is -0.0169. The van der Waals surface area contributed by atoms with E-state index < -0.39 is 0 Å². The number of nitriles is 1. The maximum absolute atomic E-state index is 12.2. The number of carbonyl (C=O) groups excluding carboxylic acids is 1. The van der Waals surface area contributed by atoms with E-state index in [-0.39, 0.29) is 12.8 Å². The van der Waals surface area contributed by atoms with Gasteiger partial charge in [0.25, 0.3) is 0 Å². The molecule has 1 aromatic carbocycles. The monoisotopic (exact) mass is 384 g/mol. The summed E-state index contributed by atoms with van der Waals surface area (Å²) < 4.78 is 16.1. The van der Waals surface area contributed by atoms with Crippen LogP contribution in [0.5, 0.6) is 5.75 Å². The lowest BCUT2D eigenvalue weighted by Crippen LogP contribution is -2.15. The molecule has 0 amide bonds. The second kappa shape index (κ2) is 8.42. The fourth-order valence-corrected chi connectivity index (χ4v) is 3.99. The summed E-state index contributed by atoms with van der Waals surface area (Å²) in [4.78, 5) is 16.7. The van der Waals surface area contributed by atoms with Gasteiger partial charge in [0, 0.05) is 22.6 Å². The largest absolute Gasteiger partial charge is 0.467 e. The molecular formula is C20H20N2O4S. The summed E-state index contributed by atoms with van der Waals surface area (Å²) in [5.41, 5.74) is 4.48. The number of ether oxygens (including phenoxy) is 3. The van der Waals surface area contributed by atoms with Gasteiger partial charge in [-0.05, 0) is 44.5 Å². The third-order valence-electron chi connectivity index (χ3n) is 4.09. The first-order chi connectivity index (χ1) is 13.0. The fraction of sp³-hybridized carbons (Fsp3) is 0.350. The Morgan fingerprint density at radius 2 is 2.19 bits per heavy atom. The van der Waals surface area contributed by atoms with E-state index >= 15 is 0 Å². The van der Waals surface area contributed by atoms with Gasteiger partial charge in [-0.1, -0.05) is 0 Å². The molecule has 0 saturated carbocycles. The molecule has 0 unspecified atom stereocenters. The van der Waals surface area contributed by atoms with E-state index in [2.05, 4.69) is 11.1 Å². The zero-order valence-electron chi connectivity index (χ0n) is 15.5. The van der Waals surface area contributed by atoms with Crippen molar-refractivity contribution in [2.45, 2.75) is 38.2 Å². The van der Waals surface area contributed by atoms with Crippen LogP contribution >= 0.6 is 11.8 Å². The minimum atomic E-state index is -0.376. The number of fused-ring (bicyclic) bond motifs is 1. The smallest absolute Gasteiger partial charge is 0.338 e. The van der Waals surface area contributed by atoms with Crippen LogP contribution in [0.1, 0.15) is 45.2 Å². The minimum Gasteiger partial charge on any atom is -0.467 e. The number of hydrogen-bond acceptors (Lipinski definition) is 7. The molecule has 0 spiro atoms. The van der Waals surface area contributed by atoms with E-state index in [0.29, 0.717) is 35.1 Å². The Morgan fingerprint density at radius 1 is 1.37 bits per heavy atom. The molecule has 0 fully saturated rings. The molecule has 140 valence electrons. The predicted octanol–water partition coefficient (Wildman–Crippen LogP) is 3.91. The van der Waals surface area contributed by atoms with Gasteiger partial charge >= 0.3 is 5.97 Å². The van der Waals surface area contributed by atoms with Crippen molar-refractivity contribution < 1.29 is 19.0 Å².